The third-order valence-electron chi connectivity index (χ3n) is 2.79. The van der Waals surface area contributed by atoms with E-state index < -0.39 is 0 Å². The number of hydrogen-bond acceptors (Lipinski definition) is 3. The second-order valence-corrected chi connectivity index (χ2v) is 4.23. The molecule has 1 rings (SSSR count). The Morgan fingerprint density at radius 2 is 1.83 bits per heavy atom. The van der Waals surface area contributed by atoms with E-state index in [2.05, 4.69) is 9.89 Å². The quantitative estimate of drug-likeness (QED) is 0.549. The minimum Gasteiger partial charge on any atom is -0.296 e. The molecule has 3 nitrogen and oxygen atoms in total. The number of aldehydes is 1. The average Bonchev–Trinajstić information content (AvgIpc) is 2.11. The number of rotatable bonds is 1. The maximum absolute atomic E-state index is 10.7. The van der Waals surface area contributed by atoms with Gasteiger partial charge in [0.25, 0.3) is 0 Å². The molecular weight excluding hydrogens is 152 g/mol. The van der Waals surface area contributed by atoms with E-state index in [1.165, 1.54) is 0 Å². The normalized spacial score (nSPS) is 26.9. The van der Waals surface area contributed by atoms with Crippen LogP contribution in [0.5, 0.6) is 0 Å². The van der Waals surface area contributed by atoms with Crippen LogP contribution in [0.1, 0.15) is 27.7 Å². The lowest BCUT2D eigenvalue weighted by Crippen LogP contribution is -2.49. The average molecular weight is 168 g/mol. The number of hydrogen-bond donors (Lipinski definition) is 0. The molecule has 3 heteroatoms. The van der Waals surface area contributed by atoms with Crippen LogP contribution in [0.15, 0.2) is 4.99 Å². The van der Waals surface area contributed by atoms with Crippen LogP contribution in [0.3, 0.4) is 0 Å². The van der Waals surface area contributed by atoms with Crippen LogP contribution >= 0.6 is 0 Å². The van der Waals surface area contributed by atoms with E-state index in [1.54, 1.807) is 0 Å². The van der Waals surface area contributed by atoms with Crippen LogP contribution in [0, 0.1) is 0 Å². The van der Waals surface area contributed by atoms with Crippen molar-refractivity contribution in [2.75, 3.05) is 7.05 Å². The molecule has 0 amide bonds. The Morgan fingerprint density at radius 1 is 1.33 bits per heavy atom. The Bertz CT molecular complexity index is 241. The summed E-state index contributed by atoms with van der Waals surface area (Å²) in [7, 11) is 1.99. The molecule has 0 unspecified atom stereocenters. The van der Waals surface area contributed by atoms with E-state index >= 15 is 0 Å². The fourth-order valence-electron chi connectivity index (χ4n) is 1.53. The van der Waals surface area contributed by atoms with E-state index in [9.17, 15) is 4.79 Å². The van der Waals surface area contributed by atoms with Gasteiger partial charge in [-0.25, -0.2) is 0 Å². The fraction of sp³-hybridized carbons (Fsp3) is 0.778. The van der Waals surface area contributed by atoms with Gasteiger partial charge < -0.3 is 0 Å². The maximum Gasteiger partial charge on any atom is 0.165 e. The van der Waals surface area contributed by atoms with Crippen molar-refractivity contribution < 1.29 is 4.79 Å². The molecule has 68 valence electrons. The fourth-order valence-corrected chi connectivity index (χ4v) is 1.53. The van der Waals surface area contributed by atoms with Crippen LogP contribution in [0.2, 0.25) is 0 Å². The highest BCUT2D eigenvalue weighted by molar-refractivity contribution is 6.33. The molecule has 0 fully saturated rings. The summed E-state index contributed by atoms with van der Waals surface area (Å²) < 4.78 is 0. The van der Waals surface area contributed by atoms with Crippen molar-refractivity contribution >= 4 is 12.0 Å². The Labute approximate surface area is 73.5 Å². The van der Waals surface area contributed by atoms with Crippen LogP contribution < -0.4 is 0 Å². The van der Waals surface area contributed by atoms with Crippen molar-refractivity contribution in [3.63, 3.8) is 0 Å². The van der Waals surface area contributed by atoms with Crippen LogP contribution in [0.4, 0.5) is 0 Å². The summed E-state index contributed by atoms with van der Waals surface area (Å²) in [6, 6.07) is 0. The van der Waals surface area contributed by atoms with Gasteiger partial charge in [0.05, 0.1) is 11.3 Å². The molecule has 1 aliphatic rings. The number of nitrogens with zero attached hydrogens (tertiary/aromatic N) is 2. The zero-order valence-electron chi connectivity index (χ0n) is 8.38. The lowest BCUT2D eigenvalue weighted by atomic mass is 9.98. The first-order chi connectivity index (χ1) is 5.32. The summed E-state index contributed by atoms with van der Waals surface area (Å²) in [6.07, 6.45) is 0.852. The Balaban J connectivity index is 3.12. The van der Waals surface area contributed by atoms with Crippen molar-refractivity contribution in [3.05, 3.63) is 0 Å². The van der Waals surface area contributed by atoms with Gasteiger partial charge in [0.15, 0.2) is 6.29 Å². The van der Waals surface area contributed by atoms with Crippen molar-refractivity contribution in [1.29, 1.82) is 0 Å². The lowest BCUT2D eigenvalue weighted by Gasteiger charge is -2.35. The maximum atomic E-state index is 10.7. The zero-order chi connectivity index (χ0) is 9.57. The minimum absolute atomic E-state index is 0.231. The molecule has 0 aromatic carbocycles. The standard InChI is InChI=1S/C9H16N2O/c1-8(2)7(6-12)10-9(3,4)11(8)5/h6H,1-5H3. The van der Waals surface area contributed by atoms with Crippen molar-refractivity contribution in [2.45, 2.75) is 38.9 Å². The van der Waals surface area contributed by atoms with Gasteiger partial charge in [-0.15, -0.1) is 0 Å². The van der Waals surface area contributed by atoms with Crippen LogP contribution in [0.25, 0.3) is 0 Å². The van der Waals surface area contributed by atoms with Gasteiger partial charge in [0.2, 0.25) is 0 Å². The molecule has 1 heterocycles. The zero-order valence-corrected chi connectivity index (χ0v) is 8.38. The van der Waals surface area contributed by atoms with Crippen molar-refractivity contribution in [1.82, 2.24) is 4.90 Å². The predicted octanol–water partition coefficient (Wildman–Crippen LogP) is 1.09. The molecule has 0 N–H and O–H groups in total. The molecule has 0 aliphatic carbocycles. The first-order valence-corrected chi connectivity index (χ1v) is 4.12. The molecule has 0 aromatic heterocycles. The van der Waals surface area contributed by atoms with Gasteiger partial charge in [-0.2, -0.15) is 0 Å². The minimum atomic E-state index is -0.250. The summed E-state index contributed by atoms with van der Waals surface area (Å²) >= 11 is 0. The van der Waals surface area contributed by atoms with E-state index in [-0.39, 0.29) is 11.2 Å². The Kier molecular flexibility index (Phi) is 1.87. The molecule has 0 saturated heterocycles. The number of carbonyl (C=O) groups is 1. The Morgan fingerprint density at radius 3 is 2.00 bits per heavy atom. The van der Waals surface area contributed by atoms with Crippen LogP contribution in [-0.2, 0) is 4.79 Å². The molecule has 1 aliphatic heterocycles. The van der Waals surface area contributed by atoms with Crippen LogP contribution in [-0.4, -0.2) is 35.1 Å². The predicted molar refractivity (Wildman–Crippen MR) is 49.4 cm³/mol. The number of aliphatic imine (C=N–C) groups is 1. The second kappa shape index (κ2) is 2.39. The molecule has 0 atom stereocenters. The Hall–Kier alpha value is -0.700. The van der Waals surface area contributed by atoms with Gasteiger partial charge in [-0.05, 0) is 34.7 Å². The highest BCUT2D eigenvalue weighted by Crippen LogP contribution is 2.32. The monoisotopic (exact) mass is 168 g/mol. The SMILES string of the molecule is CN1C(C)(C)N=C(C=O)C1(C)C. The molecule has 0 radical (unpaired) electrons. The smallest absolute Gasteiger partial charge is 0.165 e. The third kappa shape index (κ3) is 1.08. The van der Waals surface area contributed by atoms with Crippen molar-refractivity contribution in [2.24, 2.45) is 4.99 Å². The van der Waals surface area contributed by atoms with E-state index in [0.29, 0.717) is 5.71 Å². The summed E-state index contributed by atoms with van der Waals surface area (Å²) in [6.45, 7) is 8.03. The first-order valence-electron chi connectivity index (χ1n) is 4.12. The van der Waals surface area contributed by atoms with Gasteiger partial charge in [0, 0.05) is 0 Å². The second-order valence-electron chi connectivity index (χ2n) is 4.23. The summed E-state index contributed by atoms with van der Waals surface area (Å²) in [4.78, 5) is 17.1. The van der Waals surface area contributed by atoms with E-state index in [0.717, 1.165) is 6.29 Å². The largest absolute Gasteiger partial charge is 0.296 e. The van der Waals surface area contributed by atoms with Gasteiger partial charge in [-0.1, -0.05) is 0 Å². The molecular formula is C9H16N2O. The highest BCUT2D eigenvalue weighted by Gasteiger charge is 2.44. The third-order valence-corrected chi connectivity index (χ3v) is 2.79. The van der Waals surface area contributed by atoms with E-state index in [1.807, 2.05) is 34.7 Å². The molecule has 0 aromatic rings. The summed E-state index contributed by atoms with van der Waals surface area (Å²) in [5, 5.41) is 0. The molecule has 0 bridgehead atoms. The molecule has 12 heavy (non-hydrogen) atoms. The van der Waals surface area contributed by atoms with Crippen molar-refractivity contribution in [3.8, 4) is 0 Å². The summed E-state index contributed by atoms with van der Waals surface area (Å²) in [5.74, 6) is 0. The number of carbonyl (C=O) groups excluding carboxylic acids is 1. The first kappa shape index (κ1) is 9.39. The van der Waals surface area contributed by atoms with Gasteiger partial charge >= 0.3 is 0 Å². The van der Waals surface area contributed by atoms with Gasteiger partial charge in [0.1, 0.15) is 5.66 Å². The highest BCUT2D eigenvalue weighted by atomic mass is 16.1. The lowest BCUT2D eigenvalue weighted by molar-refractivity contribution is -0.103. The molecule has 0 saturated carbocycles. The van der Waals surface area contributed by atoms with Gasteiger partial charge in [-0.3, -0.25) is 14.7 Å². The molecule has 0 spiro atoms. The summed E-state index contributed by atoms with van der Waals surface area (Å²) in [5.41, 5.74) is 0.153. The topological polar surface area (TPSA) is 32.7 Å². The van der Waals surface area contributed by atoms with E-state index in [4.69, 9.17) is 0 Å².